The summed E-state index contributed by atoms with van der Waals surface area (Å²) in [5, 5.41) is 5.13. The Morgan fingerprint density at radius 1 is 1.33 bits per heavy atom. The maximum absolute atomic E-state index is 5.79. The SMILES string of the molecule is CCC1SCCSC1c1noc(-c2ccc(N)cc2C)n1. The molecule has 1 fully saturated rings. The Hall–Kier alpha value is -1.14. The molecule has 0 amide bonds. The molecule has 1 aromatic heterocycles. The third kappa shape index (κ3) is 3.06. The minimum absolute atomic E-state index is 0.334. The largest absolute Gasteiger partial charge is 0.399 e. The van der Waals surface area contributed by atoms with E-state index in [1.165, 1.54) is 5.75 Å². The Bertz CT molecular complexity index is 629. The average molecular weight is 321 g/mol. The quantitative estimate of drug-likeness (QED) is 0.864. The number of aromatic nitrogens is 2. The Kier molecular flexibility index (Phi) is 4.45. The van der Waals surface area contributed by atoms with Crippen LogP contribution in [0.3, 0.4) is 0 Å². The number of hydrogen-bond donors (Lipinski definition) is 1. The van der Waals surface area contributed by atoms with Crippen LogP contribution in [0.4, 0.5) is 5.69 Å². The van der Waals surface area contributed by atoms with E-state index in [1.807, 2.05) is 48.6 Å². The van der Waals surface area contributed by atoms with Crippen LogP contribution in [0.25, 0.3) is 11.5 Å². The van der Waals surface area contributed by atoms with E-state index in [0.29, 0.717) is 16.4 Å². The van der Waals surface area contributed by atoms with Crippen molar-refractivity contribution in [3.63, 3.8) is 0 Å². The number of thioether (sulfide) groups is 2. The van der Waals surface area contributed by atoms with E-state index in [2.05, 4.69) is 17.1 Å². The van der Waals surface area contributed by atoms with E-state index in [9.17, 15) is 0 Å². The summed E-state index contributed by atoms with van der Waals surface area (Å²) in [6.07, 6.45) is 1.13. The number of rotatable bonds is 3. The molecule has 1 aliphatic heterocycles. The molecule has 0 spiro atoms. The third-order valence-corrected chi connectivity index (χ3v) is 6.87. The summed E-state index contributed by atoms with van der Waals surface area (Å²) in [6.45, 7) is 4.23. The summed E-state index contributed by atoms with van der Waals surface area (Å²) in [7, 11) is 0. The molecule has 0 bridgehead atoms. The number of nitrogens with zero attached hydrogens (tertiary/aromatic N) is 2. The molecule has 112 valence electrons. The lowest BCUT2D eigenvalue weighted by atomic mass is 10.1. The van der Waals surface area contributed by atoms with Gasteiger partial charge in [0.2, 0.25) is 0 Å². The zero-order valence-corrected chi connectivity index (χ0v) is 13.8. The Morgan fingerprint density at radius 3 is 2.90 bits per heavy atom. The second-order valence-electron chi connectivity index (χ2n) is 5.14. The first-order valence-corrected chi connectivity index (χ1v) is 9.22. The van der Waals surface area contributed by atoms with Gasteiger partial charge < -0.3 is 10.3 Å². The maximum Gasteiger partial charge on any atom is 0.258 e. The van der Waals surface area contributed by atoms with Crippen molar-refractivity contribution in [1.29, 1.82) is 0 Å². The van der Waals surface area contributed by atoms with Gasteiger partial charge in [0.05, 0.1) is 5.25 Å². The molecule has 1 aromatic carbocycles. The van der Waals surface area contributed by atoms with E-state index in [1.54, 1.807) is 0 Å². The summed E-state index contributed by atoms with van der Waals surface area (Å²) in [4.78, 5) is 4.64. The zero-order valence-electron chi connectivity index (χ0n) is 12.2. The Labute approximate surface area is 133 Å². The van der Waals surface area contributed by atoms with Gasteiger partial charge in [0, 0.05) is 28.0 Å². The van der Waals surface area contributed by atoms with Gasteiger partial charge in [-0.3, -0.25) is 0 Å². The van der Waals surface area contributed by atoms with Crippen LogP contribution >= 0.6 is 23.5 Å². The number of nitrogen functional groups attached to an aromatic ring is 1. The lowest BCUT2D eigenvalue weighted by molar-refractivity contribution is 0.421. The van der Waals surface area contributed by atoms with Crippen LogP contribution in [0.15, 0.2) is 22.7 Å². The number of nitrogens with two attached hydrogens (primary N) is 1. The van der Waals surface area contributed by atoms with Crippen molar-refractivity contribution in [2.24, 2.45) is 0 Å². The molecule has 2 aromatic rings. The minimum Gasteiger partial charge on any atom is -0.399 e. The van der Waals surface area contributed by atoms with Gasteiger partial charge in [0.15, 0.2) is 5.82 Å². The fraction of sp³-hybridized carbons (Fsp3) is 0.467. The van der Waals surface area contributed by atoms with Crippen LogP contribution in [0.5, 0.6) is 0 Å². The highest BCUT2D eigenvalue weighted by molar-refractivity contribution is 8.06. The Balaban J connectivity index is 1.89. The van der Waals surface area contributed by atoms with Crippen LogP contribution in [0.1, 0.15) is 30.0 Å². The van der Waals surface area contributed by atoms with E-state index in [-0.39, 0.29) is 0 Å². The molecule has 2 heterocycles. The molecule has 1 saturated heterocycles. The number of hydrogen-bond acceptors (Lipinski definition) is 6. The number of aryl methyl sites for hydroxylation is 1. The first-order valence-electron chi connectivity index (χ1n) is 7.12. The first kappa shape index (κ1) is 14.8. The predicted octanol–water partition coefficient (Wildman–Crippen LogP) is 3.93. The first-order chi connectivity index (χ1) is 10.2. The third-order valence-electron chi connectivity index (χ3n) is 3.63. The fourth-order valence-corrected chi connectivity index (χ4v) is 5.51. The van der Waals surface area contributed by atoms with Gasteiger partial charge in [-0.05, 0) is 37.1 Å². The monoisotopic (exact) mass is 321 g/mol. The van der Waals surface area contributed by atoms with Gasteiger partial charge in [-0.25, -0.2) is 0 Å². The second kappa shape index (κ2) is 6.32. The van der Waals surface area contributed by atoms with E-state index in [4.69, 9.17) is 10.3 Å². The van der Waals surface area contributed by atoms with Crippen molar-refractivity contribution in [1.82, 2.24) is 10.1 Å². The summed E-state index contributed by atoms with van der Waals surface area (Å²) >= 11 is 3.96. The fourth-order valence-electron chi connectivity index (χ4n) is 2.53. The van der Waals surface area contributed by atoms with E-state index < -0.39 is 0 Å². The Morgan fingerprint density at radius 2 is 2.14 bits per heavy atom. The van der Waals surface area contributed by atoms with Crippen molar-refractivity contribution in [3.05, 3.63) is 29.6 Å². The van der Waals surface area contributed by atoms with Crippen LogP contribution in [0.2, 0.25) is 0 Å². The molecule has 21 heavy (non-hydrogen) atoms. The topological polar surface area (TPSA) is 64.9 Å². The molecule has 2 unspecified atom stereocenters. The highest BCUT2D eigenvalue weighted by Crippen LogP contribution is 2.43. The van der Waals surface area contributed by atoms with Crippen LogP contribution < -0.4 is 5.73 Å². The molecular weight excluding hydrogens is 302 g/mol. The molecule has 6 heteroatoms. The lowest BCUT2D eigenvalue weighted by Gasteiger charge is -2.27. The molecular formula is C15H19N3OS2. The zero-order chi connectivity index (χ0) is 14.8. The summed E-state index contributed by atoms with van der Waals surface area (Å²) in [5.74, 6) is 3.77. The highest BCUT2D eigenvalue weighted by atomic mass is 32.2. The van der Waals surface area contributed by atoms with Crippen molar-refractivity contribution in [2.75, 3.05) is 17.2 Å². The molecule has 3 rings (SSSR count). The molecule has 0 aliphatic carbocycles. The van der Waals surface area contributed by atoms with Gasteiger partial charge in [-0.1, -0.05) is 12.1 Å². The van der Waals surface area contributed by atoms with Crippen LogP contribution in [0, 0.1) is 6.92 Å². The van der Waals surface area contributed by atoms with Crippen molar-refractivity contribution in [3.8, 4) is 11.5 Å². The summed E-state index contributed by atoms with van der Waals surface area (Å²) < 4.78 is 5.49. The number of anilines is 1. The van der Waals surface area contributed by atoms with Crippen molar-refractivity contribution in [2.45, 2.75) is 30.8 Å². The van der Waals surface area contributed by atoms with E-state index in [0.717, 1.165) is 34.8 Å². The molecule has 2 N–H and O–H groups in total. The molecule has 0 saturated carbocycles. The normalized spacial score (nSPS) is 22.4. The molecule has 4 nitrogen and oxygen atoms in total. The highest BCUT2D eigenvalue weighted by Gasteiger charge is 2.30. The molecule has 0 radical (unpaired) electrons. The minimum atomic E-state index is 0.334. The van der Waals surface area contributed by atoms with Crippen molar-refractivity contribution >= 4 is 29.2 Å². The standard InChI is InChI=1S/C15H19N3OS2/c1-3-12-13(21-7-6-20-12)14-17-15(19-18-14)11-5-4-10(16)8-9(11)2/h4-5,8,12-13H,3,6-7,16H2,1-2H3. The summed E-state index contributed by atoms with van der Waals surface area (Å²) in [6, 6.07) is 5.74. The predicted molar refractivity (Wildman–Crippen MR) is 90.6 cm³/mol. The summed E-state index contributed by atoms with van der Waals surface area (Å²) in [5.41, 5.74) is 8.56. The van der Waals surface area contributed by atoms with Gasteiger partial charge in [-0.2, -0.15) is 16.7 Å². The van der Waals surface area contributed by atoms with Crippen LogP contribution in [-0.4, -0.2) is 26.9 Å². The van der Waals surface area contributed by atoms with Gasteiger partial charge >= 0.3 is 0 Å². The lowest BCUT2D eigenvalue weighted by Crippen LogP contribution is -2.19. The number of benzene rings is 1. The van der Waals surface area contributed by atoms with Gasteiger partial charge in [0.25, 0.3) is 5.89 Å². The average Bonchev–Trinajstić information content (AvgIpc) is 2.96. The molecule has 2 atom stereocenters. The van der Waals surface area contributed by atoms with E-state index >= 15 is 0 Å². The van der Waals surface area contributed by atoms with Gasteiger partial charge in [-0.15, -0.1) is 11.8 Å². The maximum atomic E-state index is 5.79. The van der Waals surface area contributed by atoms with Crippen LogP contribution in [-0.2, 0) is 0 Å². The second-order valence-corrected chi connectivity index (χ2v) is 7.74. The smallest absolute Gasteiger partial charge is 0.258 e. The molecule has 1 aliphatic rings. The van der Waals surface area contributed by atoms with Gasteiger partial charge in [0.1, 0.15) is 0 Å². The van der Waals surface area contributed by atoms with Crippen molar-refractivity contribution < 1.29 is 4.52 Å².